The maximum absolute atomic E-state index is 9.12. The smallest absolute Gasteiger partial charge is 0.0992 e. The zero-order valence-corrected chi connectivity index (χ0v) is 14.7. The first kappa shape index (κ1) is 17.5. The highest BCUT2D eigenvalue weighted by Crippen LogP contribution is 2.18. The summed E-state index contributed by atoms with van der Waals surface area (Å²) in [6.07, 6.45) is 7.34. The van der Waals surface area contributed by atoms with Crippen molar-refractivity contribution in [3.63, 3.8) is 0 Å². The molecule has 0 amide bonds. The van der Waals surface area contributed by atoms with Crippen LogP contribution >= 0.6 is 11.3 Å². The molecule has 0 bridgehead atoms. The molecule has 0 unspecified atom stereocenters. The summed E-state index contributed by atoms with van der Waals surface area (Å²) in [4.78, 5) is 6.77. The minimum Gasteiger partial charge on any atom is -0.371 e. The van der Waals surface area contributed by atoms with Crippen molar-refractivity contribution in [1.82, 2.24) is 4.98 Å². The van der Waals surface area contributed by atoms with E-state index in [2.05, 4.69) is 34.3 Å². The van der Waals surface area contributed by atoms with Crippen LogP contribution in [0, 0.1) is 11.3 Å². The van der Waals surface area contributed by atoms with Crippen molar-refractivity contribution in [3.05, 3.63) is 46.4 Å². The number of anilines is 1. The van der Waals surface area contributed by atoms with Crippen LogP contribution in [-0.2, 0) is 6.42 Å². The number of unbranched alkanes of at least 4 members (excludes halogenated alkanes) is 4. The van der Waals surface area contributed by atoms with Gasteiger partial charge in [0, 0.05) is 30.6 Å². The Balaban J connectivity index is 1.96. The molecule has 122 valence electrons. The van der Waals surface area contributed by atoms with E-state index >= 15 is 0 Å². The second kappa shape index (κ2) is 10.0. The molecule has 23 heavy (non-hydrogen) atoms. The van der Waals surface area contributed by atoms with E-state index in [1.54, 1.807) is 11.3 Å². The number of benzene rings is 1. The Morgan fingerprint density at radius 1 is 1.17 bits per heavy atom. The largest absolute Gasteiger partial charge is 0.371 e. The summed E-state index contributed by atoms with van der Waals surface area (Å²) in [5, 5.41) is 11.2. The molecule has 0 fully saturated rings. The van der Waals surface area contributed by atoms with Crippen molar-refractivity contribution >= 4 is 17.0 Å². The molecule has 0 aliphatic rings. The number of nitriles is 1. The third kappa shape index (κ3) is 6.03. The Hall–Kier alpha value is -1.86. The summed E-state index contributed by atoms with van der Waals surface area (Å²) in [5.74, 6) is 0. The molecular formula is C19H25N3S. The molecular weight excluding hydrogens is 302 g/mol. The van der Waals surface area contributed by atoms with E-state index in [1.807, 2.05) is 23.7 Å². The van der Waals surface area contributed by atoms with Crippen LogP contribution in [0.15, 0.2) is 35.2 Å². The molecule has 0 aliphatic carbocycles. The van der Waals surface area contributed by atoms with Crippen molar-refractivity contribution in [2.45, 2.75) is 45.4 Å². The Morgan fingerprint density at radius 2 is 2.04 bits per heavy atom. The van der Waals surface area contributed by atoms with Gasteiger partial charge in [0.25, 0.3) is 0 Å². The van der Waals surface area contributed by atoms with Crippen LogP contribution in [-0.4, -0.2) is 18.1 Å². The van der Waals surface area contributed by atoms with Crippen molar-refractivity contribution in [3.8, 4) is 6.07 Å². The third-order valence-corrected chi connectivity index (χ3v) is 4.63. The first-order valence-corrected chi connectivity index (χ1v) is 9.40. The fourth-order valence-electron chi connectivity index (χ4n) is 2.66. The lowest BCUT2D eigenvalue weighted by Crippen LogP contribution is -2.27. The monoisotopic (exact) mass is 327 g/mol. The van der Waals surface area contributed by atoms with Gasteiger partial charge in [-0.2, -0.15) is 5.26 Å². The summed E-state index contributed by atoms with van der Waals surface area (Å²) in [6.45, 7) is 4.24. The van der Waals surface area contributed by atoms with Gasteiger partial charge in [0.2, 0.25) is 0 Å². The Bertz CT molecular complexity index is 601. The highest BCUT2D eigenvalue weighted by Gasteiger charge is 2.08. The van der Waals surface area contributed by atoms with Gasteiger partial charge < -0.3 is 4.90 Å². The number of nitrogens with zero attached hydrogens (tertiary/aromatic N) is 3. The van der Waals surface area contributed by atoms with Gasteiger partial charge >= 0.3 is 0 Å². The second-order valence-corrected chi connectivity index (χ2v) is 6.51. The molecule has 0 saturated carbocycles. The van der Waals surface area contributed by atoms with Gasteiger partial charge in [0.05, 0.1) is 22.8 Å². The predicted molar refractivity (Wildman–Crippen MR) is 97.9 cm³/mol. The topological polar surface area (TPSA) is 39.9 Å². The highest BCUT2D eigenvalue weighted by molar-refractivity contribution is 7.07. The van der Waals surface area contributed by atoms with Crippen LogP contribution in [0.2, 0.25) is 0 Å². The average Bonchev–Trinajstić information content (AvgIpc) is 3.11. The Labute approximate surface area is 143 Å². The second-order valence-electron chi connectivity index (χ2n) is 5.79. The summed E-state index contributed by atoms with van der Waals surface area (Å²) in [5.41, 5.74) is 4.92. The van der Waals surface area contributed by atoms with Crippen molar-refractivity contribution in [2.75, 3.05) is 18.0 Å². The Kier molecular flexibility index (Phi) is 7.62. The first-order chi connectivity index (χ1) is 11.3. The van der Waals surface area contributed by atoms with Gasteiger partial charge in [0.1, 0.15) is 0 Å². The zero-order valence-electron chi connectivity index (χ0n) is 13.9. The van der Waals surface area contributed by atoms with E-state index < -0.39 is 0 Å². The standard InChI is InChI=1S/C19H25N3S/c1-2-3-4-5-6-11-22(12-10-18-15-23-16-21-18)19-9-7-8-17(13-19)14-20/h7-9,13,15-16H,2-6,10-12H2,1H3. The fourth-order valence-corrected chi connectivity index (χ4v) is 3.25. The lowest BCUT2D eigenvalue weighted by Gasteiger charge is -2.25. The van der Waals surface area contributed by atoms with Gasteiger partial charge in [-0.25, -0.2) is 4.98 Å². The lowest BCUT2D eigenvalue weighted by molar-refractivity contribution is 0.616. The average molecular weight is 327 g/mol. The minimum absolute atomic E-state index is 0.729. The molecule has 4 heteroatoms. The number of hydrogen-bond acceptors (Lipinski definition) is 4. The summed E-state index contributed by atoms with van der Waals surface area (Å²) >= 11 is 1.65. The molecule has 0 aliphatic heterocycles. The maximum atomic E-state index is 9.12. The Morgan fingerprint density at radius 3 is 2.78 bits per heavy atom. The van der Waals surface area contributed by atoms with E-state index in [-0.39, 0.29) is 0 Å². The van der Waals surface area contributed by atoms with Crippen LogP contribution in [0.25, 0.3) is 0 Å². The van der Waals surface area contributed by atoms with Gasteiger partial charge in [0.15, 0.2) is 0 Å². The molecule has 0 saturated heterocycles. The maximum Gasteiger partial charge on any atom is 0.0992 e. The lowest BCUT2D eigenvalue weighted by atomic mass is 10.1. The minimum atomic E-state index is 0.729. The van der Waals surface area contributed by atoms with Gasteiger partial charge in [-0.3, -0.25) is 0 Å². The van der Waals surface area contributed by atoms with E-state index in [4.69, 9.17) is 5.26 Å². The first-order valence-electron chi connectivity index (χ1n) is 8.45. The van der Waals surface area contributed by atoms with Crippen LogP contribution in [0.5, 0.6) is 0 Å². The zero-order chi connectivity index (χ0) is 16.3. The van der Waals surface area contributed by atoms with Crippen molar-refractivity contribution in [1.29, 1.82) is 5.26 Å². The molecule has 0 N–H and O–H groups in total. The SMILES string of the molecule is CCCCCCCN(CCc1cscn1)c1cccc(C#N)c1. The van der Waals surface area contributed by atoms with E-state index in [0.29, 0.717) is 0 Å². The molecule has 0 radical (unpaired) electrons. The van der Waals surface area contributed by atoms with Crippen LogP contribution < -0.4 is 4.90 Å². The van der Waals surface area contributed by atoms with Crippen LogP contribution in [0.1, 0.15) is 50.3 Å². The normalized spacial score (nSPS) is 10.4. The number of thiazole rings is 1. The third-order valence-electron chi connectivity index (χ3n) is 3.99. The molecule has 1 aromatic carbocycles. The van der Waals surface area contributed by atoms with Crippen molar-refractivity contribution < 1.29 is 0 Å². The predicted octanol–water partition coefficient (Wildman–Crippen LogP) is 5.03. The van der Waals surface area contributed by atoms with Crippen LogP contribution in [0.3, 0.4) is 0 Å². The van der Waals surface area contributed by atoms with E-state index in [0.717, 1.165) is 36.5 Å². The summed E-state index contributed by atoms with van der Waals surface area (Å²) < 4.78 is 0. The van der Waals surface area contributed by atoms with Crippen LogP contribution in [0.4, 0.5) is 5.69 Å². The molecule has 2 aromatic rings. The highest BCUT2D eigenvalue weighted by atomic mass is 32.1. The number of aromatic nitrogens is 1. The van der Waals surface area contributed by atoms with E-state index in [9.17, 15) is 0 Å². The molecule has 1 aromatic heterocycles. The van der Waals surface area contributed by atoms with Crippen molar-refractivity contribution in [2.24, 2.45) is 0 Å². The van der Waals surface area contributed by atoms with Gasteiger partial charge in [-0.15, -0.1) is 11.3 Å². The van der Waals surface area contributed by atoms with Gasteiger partial charge in [-0.05, 0) is 24.6 Å². The number of rotatable bonds is 10. The van der Waals surface area contributed by atoms with Gasteiger partial charge in [-0.1, -0.05) is 38.7 Å². The molecule has 3 nitrogen and oxygen atoms in total. The molecule has 1 heterocycles. The molecule has 2 rings (SSSR count). The quantitative estimate of drug-likeness (QED) is 0.574. The summed E-state index contributed by atoms with van der Waals surface area (Å²) in [7, 11) is 0. The molecule has 0 atom stereocenters. The summed E-state index contributed by atoms with van der Waals surface area (Å²) in [6, 6.07) is 10.2. The van der Waals surface area contributed by atoms with E-state index in [1.165, 1.54) is 32.1 Å². The number of hydrogen-bond donors (Lipinski definition) is 0. The fraction of sp³-hybridized carbons (Fsp3) is 0.474. The molecule has 0 spiro atoms.